The molecular weight excluding hydrogens is 204 g/mol. The van der Waals surface area contributed by atoms with Crippen molar-refractivity contribution in [3.05, 3.63) is 6.92 Å². The van der Waals surface area contributed by atoms with E-state index in [0.717, 1.165) is 11.8 Å². The summed E-state index contributed by atoms with van der Waals surface area (Å²) in [5.74, 6) is 2.51. The summed E-state index contributed by atoms with van der Waals surface area (Å²) in [6.45, 7) is 13.4. The monoisotopic (exact) mass is 239 g/mol. The van der Waals surface area contributed by atoms with E-state index in [1.165, 1.54) is 57.8 Å². The van der Waals surface area contributed by atoms with Crippen LogP contribution < -0.4 is 0 Å². The Labute approximate surface area is 111 Å². The third-order valence-corrected chi connectivity index (χ3v) is 3.84. The molecule has 0 bridgehead atoms. The molecule has 0 N–H and O–H groups in total. The van der Waals surface area contributed by atoms with Crippen molar-refractivity contribution in [1.82, 2.24) is 0 Å². The summed E-state index contributed by atoms with van der Waals surface area (Å²) in [5.41, 5.74) is 0. The van der Waals surface area contributed by atoms with Gasteiger partial charge in [0.25, 0.3) is 0 Å². The molecule has 0 fully saturated rings. The SMILES string of the molecule is [CH2]C(C)CCCC(C)CCCC(C)CCCC. The van der Waals surface area contributed by atoms with Crippen LogP contribution >= 0.6 is 0 Å². The smallest absolute Gasteiger partial charge is 0.0443 e. The highest BCUT2D eigenvalue weighted by atomic mass is 14.1. The van der Waals surface area contributed by atoms with Crippen molar-refractivity contribution in [2.75, 3.05) is 0 Å². The van der Waals surface area contributed by atoms with E-state index in [0.29, 0.717) is 5.92 Å². The van der Waals surface area contributed by atoms with Crippen molar-refractivity contribution in [1.29, 1.82) is 0 Å². The summed E-state index contributed by atoms with van der Waals surface area (Å²) in [6.07, 6.45) is 12.6. The van der Waals surface area contributed by atoms with Crippen molar-refractivity contribution < 1.29 is 0 Å². The van der Waals surface area contributed by atoms with Crippen LogP contribution in [0.15, 0.2) is 0 Å². The number of rotatable bonds is 11. The quantitative estimate of drug-likeness (QED) is 0.399. The lowest BCUT2D eigenvalue weighted by Gasteiger charge is -2.14. The molecular formula is C17H35. The van der Waals surface area contributed by atoms with Gasteiger partial charge in [0.1, 0.15) is 0 Å². The van der Waals surface area contributed by atoms with Crippen molar-refractivity contribution >= 4 is 0 Å². The van der Waals surface area contributed by atoms with Crippen molar-refractivity contribution in [2.24, 2.45) is 17.8 Å². The minimum absolute atomic E-state index is 0.635. The van der Waals surface area contributed by atoms with Crippen LogP contribution in [0.1, 0.15) is 85.5 Å². The Bertz CT molecular complexity index is 148. The molecule has 0 saturated heterocycles. The average Bonchev–Trinajstić information content (AvgIpc) is 2.25. The zero-order valence-electron chi connectivity index (χ0n) is 12.8. The Balaban J connectivity index is 3.34. The average molecular weight is 239 g/mol. The maximum atomic E-state index is 4.05. The standard InChI is InChI=1S/C17H35/c1-6-7-11-16(4)13-9-14-17(5)12-8-10-15(2)3/h15-17H,2,6-14H2,1,3-5H3. The van der Waals surface area contributed by atoms with Crippen LogP contribution in [0.5, 0.6) is 0 Å². The van der Waals surface area contributed by atoms with Gasteiger partial charge in [-0.25, -0.2) is 0 Å². The van der Waals surface area contributed by atoms with Gasteiger partial charge in [-0.05, 0) is 17.8 Å². The molecule has 0 heterocycles. The first-order chi connectivity index (χ1) is 8.06. The highest BCUT2D eigenvalue weighted by Gasteiger charge is 2.05. The van der Waals surface area contributed by atoms with E-state index in [1.54, 1.807) is 0 Å². The molecule has 3 atom stereocenters. The highest BCUT2D eigenvalue weighted by Crippen LogP contribution is 2.21. The number of hydrogen-bond acceptors (Lipinski definition) is 0. The molecule has 0 aliphatic carbocycles. The van der Waals surface area contributed by atoms with Gasteiger partial charge in [0.2, 0.25) is 0 Å². The fourth-order valence-corrected chi connectivity index (χ4v) is 2.47. The molecule has 0 saturated carbocycles. The fraction of sp³-hybridized carbons (Fsp3) is 0.941. The maximum Gasteiger partial charge on any atom is -0.0443 e. The summed E-state index contributed by atoms with van der Waals surface area (Å²) in [7, 11) is 0. The van der Waals surface area contributed by atoms with Crippen LogP contribution in [-0.4, -0.2) is 0 Å². The fourth-order valence-electron chi connectivity index (χ4n) is 2.47. The van der Waals surface area contributed by atoms with Crippen LogP contribution in [0.3, 0.4) is 0 Å². The molecule has 0 aromatic rings. The molecule has 103 valence electrons. The predicted octanol–water partition coefficient (Wildman–Crippen LogP) is 6.26. The summed E-state index contributed by atoms with van der Waals surface area (Å²) in [5, 5.41) is 0. The third kappa shape index (κ3) is 12.2. The molecule has 0 aromatic carbocycles. The zero-order chi connectivity index (χ0) is 13.1. The third-order valence-electron chi connectivity index (χ3n) is 3.84. The second-order valence-electron chi connectivity index (χ2n) is 6.32. The highest BCUT2D eigenvalue weighted by molar-refractivity contribution is 4.60. The lowest BCUT2D eigenvalue weighted by molar-refractivity contribution is 0.391. The second kappa shape index (κ2) is 11.1. The molecule has 0 aliphatic rings. The van der Waals surface area contributed by atoms with E-state index in [2.05, 4.69) is 34.6 Å². The van der Waals surface area contributed by atoms with Crippen LogP contribution in [0.25, 0.3) is 0 Å². The normalized spacial score (nSPS) is 15.2. The summed E-state index contributed by atoms with van der Waals surface area (Å²) >= 11 is 0. The summed E-state index contributed by atoms with van der Waals surface area (Å²) < 4.78 is 0. The van der Waals surface area contributed by atoms with E-state index in [1.807, 2.05) is 0 Å². The van der Waals surface area contributed by atoms with Crippen molar-refractivity contribution in [2.45, 2.75) is 85.5 Å². The van der Waals surface area contributed by atoms with Gasteiger partial charge in [-0.1, -0.05) is 92.4 Å². The Morgan fingerprint density at radius 3 is 1.53 bits per heavy atom. The molecule has 0 aliphatic heterocycles. The van der Waals surface area contributed by atoms with E-state index in [4.69, 9.17) is 0 Å². The minimum Gasteiger partial charge on any atom is -0.0654 e. The molecule has 0 amide bonds. The molecule has 0 aromatic heterocycles. The van der Waals surface area contributed by atoms with Gasteiger partial charge < -0.3 is 0 Å². The number of unbranched alkanes of at least 4 members (excludes halogenated alkanes) is 1. The number of hydrogen-bond donors (Lipinski definition) is 0. The molecule has 0 heteroatoms. The predicted molar refractivity (Wildman–Crippen MR) is 80.1 cm³/mol. The molecule has 3 unspecified atom stereocenters. The molecule has 0 spiro atoms. The first-order valence-electron chi connectivity index (χ1n) is 7.89. The largest absolute Gasteiger partial charge is 0.0654 e. The maximum absolute atomic E-state index is 4.05. The molecule has 0 rings (SSSR count). The van der Waals surface area contributed by atoms with Crippen LogP contribution in [-0.2, 0) is 0 Å². The lowest BCUT2D eigenvalue weighted by atomic mass is 9.92. The van der Waals surface area contributed by atoms with E-state index >= 15 is 0 Å². The van der Waals surface area contributed by atoms with Gasteiger partial charge in [0, 0.05) is 0 Å². The minimum atomic E-state index is 0.635. The van der Waals surface area contributed by atoms with Gasteiger partial charge in [-0.15, -0.1) is 0 Å². The van der Waals surface area contributed by atoms with Gasteiger partial charge in [-0.2, -0.15) is 0 Å². The van der Waals surface area contributed by atoms with E-state index < -0.39 is 0 Å². The topological polar surface area (TPSA) is 0 Å². The van der Waals surface area contributed by atoms with E-state index in [-0.39, 0.29) is 0 Å². The van der Waals surface area contributed by atoms with Crippen molar-refractivity contribution in [3.8, 4) is 0 Å². The molecule has 17 heavy (non-hydrogen) atoms. The Kier molecular flexibility index (Phi) is 11.1. The summed E-state index contributed by atoms with van der Waals surface area (Å²) in [6, 6.07) is 0. The first-order valence-corrected chi connectivity index (χ1v) is 7.89. The Morgan fingerprint density at radius 2 is 1.12 bits per heavy atom. The van der Waals surface area contributed by atoms with Crippen molar-refractivity contribution in [3.63, 3.8) is 0 Å². The first kappa shape index (κ1) is 17.0. The van der Waals surface area contributed by atoms with Crippen LogP contribution in [0, 0.1) is 24.7 Å². The lowest BCUT2D eigenvalue weighted by Crippen LogP contribution is -2.00. The Hall–Kier alpha value is 0. The van der Waals surface area contributed by atoms with Crippen LogP contribution in [0.2, 0.25) is 0 Å². The van der Waals surface area contributed by atoms with Crippen LogP contribution in [0.4, 0.5) is 0 Å². The summed E-state index contributed by atoms with van der Waals surface area (Å²) in [4.78, 5) is 0. The molecule has 0 nitrogen and oxygen atoms in total. The Morgan fingerprint density at radius 1 is 0.706 bits per heavy atom. The van der Waals surface area contributed by atoms with Gasteiger partial charge >= 0.3 is 0 Å². The van der Waals surface area contributed by atoms with Gasteiger partial charge in [0.15, 0.2) is 0 Å². The molecule has 1 radical (unpaired) electrons. The van der Waals surface area contributed by atoms with E-state index in [9.17, 15) is 0 Å². The second-order valence-corrected chi connectivity index (χ2v) is 6.32. The van der Waals surface area contributed by atoms with Gasteiger partial charge in [0.05, 0.1) is 0 Å². The zero-order valence-corrected chi connectivity index (χ0v) is 12.8. The van der Waals surface area contributed by atoms with Gasteiger partial charge in [-0.3, -0.25) is 0 Å².